The van der Waals surface area contributed by atoms with Crippen LogP contribution in [0.5, 0.6) is 5.75 Å². The number of fused-ring (bicyclic) bond motifs is 4. The van der Waals surface area contributed by atoms with Crippen molar-refractivity contribution < 1.29 is 32.2 Å². The summed E-state index contributed by atoms with van der Waals surface area (Å²) < 4.78 is 54.6. The fourth-order valence-corrected chi connectivity index (χ4v) is 10.9. The Balaban J connectivity index is 1.23. The molecular formula is C40H56ClN3O7S. The van der Waals surface area contributed by atoms with Crippen molar-refractivity contribution in [1.29, 1.82) is 0 Å². The summed E-state index contributed by atoms with van der Waals surface area (Å²) >= 11 is 6.49. The second kappa shape index (κ2) is 15.7. The molecule has 0 aromatic heterocycles. The number of sulfonamides is 1. The summed E-state index contributed by atoms with van der Waals surface area (Å²) in [6, 6.07) is 11.8. The Hall–Kier alpha value is -2.41. The van der Waals surface area contributed by atoms with Gasteiger partial charge in [0.2, 0.25) is 10.0 Å². The summed E-state index contributed by atoms with van der Waals surface area (Å²) in [6.45, 7) is 8.40. The number of carbonyl (C=O) groups is 1. The van der Waals surface area contributed by atoms with Crippen LogP contribution in [0.3, 0.4) is 0 Å². The standard InChI is InChI=1S/C40H56ClN3O7S/c1-26-7-5-9-34(39-49-22-32(23-50-39)43(3)17-18-48-4)33-13-10-30(33)21-44-24-40(16-6-8-28-19-31(41)12-14-35(28)40)25-51-37-15-11-29(20-36(37)44)38(45)42-52(46,47)27(26)2/h11-12,14-15,19-20,26-27,30,32-34,39H,5-10,13,16-18,21-25H2,1-4H3,(H,42,45)/t26-,27+,30-,32-,33+,34-,39-,40-/m0/s1. The van der Waals surface area contributed by atoms with Crippen LogP contribution in [-0.4, -0.2) is 97.0 Å². The van der Waals surface area contributed by atoms with Crippen LogP contribution >= 0.6 is 11.6 Å². The quantitative estimate of drug-likeness (QED) is 0.391. The fourth-order valence-electron chi connectivity index (χ4n) is 9.40. The maximum atomic E-state index is 13.6. The van der Waals surface area contributed by atoms with Gasteiger partial charge < -0.3 is 23.8 Å². The van der Waals surface area contributed by atoms with Crippen LogP contribution in [0.2, 0.25) is 5.02 Å². The lowest BCUT2D eigenvalue weighted by molar-refractivity contribution is -0.242. The topological polar surface area (TPSA) is 107 Å². The summed E-state index contributed by atoms with van der Waals surface area (Å²) in [4.78, 5) is 18.3. The molecule has 0 radical (unpaired) electrons. The highest BCUT2D eigenvalue weighted by atomic mass is 35.5. The predicted molar refractivity (Wildman–Crippen MR) is 203 cm³/mol. The number of carbonyl (C=O) groups excluding carboxylic acids is 1. The fraction of sp³-hybridized carbons (Fsp3) is 0.675. The average molecular weight is 758 g/mol. The van der Waals surface area contributed by atoms with E-state index in [0.717, 1.165) is 87.5 Å². The molecule has 2 aliphatic carbocycles. The molecule has 1 spiro atoms. The van der Waals surface area contributed by atoms with E-state index in [4.69, 9.17) is 30.5 Å². The van der Waals surface area contributed by atoms with Crippen LogP contribution in [0.25, 0.3) is 0 Å². The number of nitrogens with one attached hydrogen (secondary N) is 1. The van der Waals surface area contributed by atoms with Gasteiger partial charge in [0.05, 0.1) is 43.4 Å². The number of halogens is 1. The highest BCUT2D eigenvalue weighted by Crippen LogP contribution is 2.49. The molecule has 0 unspecified atom stereocenters. The molecular weight excluding hydrogens is 702 g/mol. The third kappa shape index (κ3) is 7.73. The van der Waals surface area contributed by atoms with Crippen LogP contribution in [0.1, 0.15) is 80.3 Å². The van der Waals surface area contributed by atoms with Gasteiger partial charge in [-0.15, -0.1) is 0 Å². The monoisotopic (exact) mass is 757 g/mol. The molecule has 1 saturated heterocycles. The van der Waals surface area contributed by atoms with Gasteiger partial charge in [-0.3, -0.25) is 9.69 Å². The number of nitrogens with zero attached hydrogens (tertiary/aromatic N) is 2. The molecule has 6 atom stereocenters. The Labute approximate surface area is 314 Å². The average Bonchev–Trinajstić information content (AvgIpc) is 3.27. The maximum absolute atomic E-state index is 13.6. The van der Waals surface area contributed by atoms with Gasteiger partial charge >= 0.3 is 0 Å². The van der Waals surface area contributed by atoms with Gasteiger partial charge in [0.15, 0.2) is 6.29 Å². The highest BCUT2D eigenvalue weighted by molar-refractivity contribution is 7.90. The van der Waals surface area contributed by atoms with Crippen molar-refractivity contribution in [2.45, 2.75) is 88.2 Å². The SMILES string of the molecule is COCCN(C)[C@H]1CO[C@H]([C@H]2CCC[C@H](C)[C@@H](C)S(=O)(=O)NC(=O)c3ccc4c(c3)N(C[C@@H]3CC[C@H]32)C[C@@]2(CCCc3cc(Cl)ccc32)CO4)OC1. The predicted octanol–water partition coefficient (Wildman–Crippen LogP) is 6.04. The first-order valence-corrected chi connectivity index (χ1v) is 21.2. The molecule has 7 rings (SSSR count). The molecule has 3 aliphatic heterocycles. The van der Waals surface area contributed by atoms with Crippen molar-refractivity contribution >= 4 is 33.2 Å². The molecule has 2 aromatic rings. The van der Waals surface area contributed by atoms with E-state index in [2.05, 4.69) is 33.7 Å². The van der Waals surface area contributed by atoms with Gasteiger partial charge in [-0.2, -0.15) is 0 Å². The minimum Gasteiger partial charge on any atom is -0.490 e. The number of aryl methyl sites for hydroxylation is 1. The number of benzene rings is 2. The van der Waals surface area contributed by atoms with E-state index in [1.54, 1.807) is 20.1 Å². The summed E-state index contributed by atoms with van der Waals surface area (Å²) in [5.41, 5.74) is 3.45. The van der Waals surface area contributed by atoms with Gasteiger partial charge in [-0.05, 0) is 118 Å². The van der Waals surface area contributed by atoms with Crippen LogP contribution in [0.15, 0.2) is 36.4 Å². The first-order chi connectivity index (χ1) is 25.0. The summed E-state index contributed by atoms with van der Waals surface area (Å²) in [5, 5.41) is 0.0154. The van der Waals surface area contributed by atoms with Crippen molar-refractivity contribution in [2.24, 2.45) is 23.7 Å². The number of rotatable bonds is 5. The minimum absolute atomic E-state index is 0.136. The second-order valence-corrected chi connectivity index (χ2v) is 18.7. The molecule has 12 heteroatoms. The van der Waals surface area contributed by atoms with Crippen LogP contribution in [0.4, 0.5) is 5.69 Å². The smallest absolute Gasteiger partial charge is 0.264 e. The van der Waals surface area contributed by atoms with Gasteiger partial charge in [-0.1, -0.05) is 31.0 Å². The Bertz CT molecular complexity index is 1700. The summed E-state index contributed by atoms with van der Waals surface area (Å²) in [7, 11) is -0.112. The van der Waals surface area contributed by atoms with Crippen LogP contribution in [0, 0.1) is 23.7 Å². The lowest BCUT2D eigenvalue weighted by Crippen LogP contribution is -2.52. The number of hydrogen-bond donors (Lipinski definition) is 1. The molecule has 10 nitrogen and oxygen atoms in total. The first kappa shape index (κ1) is 37.9. The van der Waals surface area contributed by atoms with E-state index < -0.39 is 21.2 Å². The minimum atomic E-state index is -3.92. The molecule has 5 aliphatic rings. The van der Waals surface area contributed by atoms with E-state index in [1.165, 1.54) is 11.1 Å². The van der Waals surface area contributed by atoms with Gasteiger partial charge in [0, 0.05) is 48.7 Å². The van der Waals surface area contributed by atoms with E-state index in [1.807, 2.05) is 25.1 Å². The highest BCUT2D eigenvalue weighted by Gasteiger charge is 2.47. The number of likely N-dealkylation sites (N-methyl/N-ethyl adjacent to an activating group) is 1. The van der Waals surface area contributed by atoms with Crippen molar-refractivity contribution in [3.05, 3.63) is 58.1 Å². The van der Waals surface area contributed by atoms with Gasteiger partial charge in [0.25, 0.3) is 5.91 Å². The Morgan fingerprint density at radius 3 is 2.60 bits per heavy atom. The number of hydrogen-bond acceptors (Lipinski definition) is 9. The number of ether oxygens (including phenoxy) is 4. The van der Waals surface area contributed by atoms with Crippen molar-refractivity contribution in [2.75, 3.05) is 65.1 Å². The molecule has 1 amide bonds. The first-order valence-electron chi connectivity index (χ1n) is 19.3. The lowest BCUT2D eigenvalue weighted by Gasteiger charge is -2.49. The number of anilines is 1. The largest absolute Gasteiger partial charge is 0.490 e. The summed E-state index contributed by atoms with van der Waals surface area (Å²) in [5.74, 6) is 0.961. The molecule has 2 aromatic carbocycles. The van der Waals surface area contributed by atoms with Crippen molar-refractivity contribution in [3.8, 4) is 5.75 Å². The van der Waals surface area contributed by atoms with Gasteiger partial charge in [-0.25, -0.2) is 13.1 Å². The Kier molecular flexibility index (Phi) is 11.5. The normalized spacial score (nSPS) is 33.6. The Morgan fingerprint density at radius 2 is 1.85 bits per heavy atom. The number of amides is 1. The zero-order valence-corrected chi connectivity index (χ0v) is 32.7. The molecule has 52 heavy (non-hydrogen) atoms. The molecule has 2 fully saturated rings. The molecule has 1 N–H and O–H groups in total. The van der Waals surface area contributed by atoms with Crippen LogP contribution < -0.4 is 14.4 Å². The van der Waals surface area contributed by atoms with Crippen molar-refractivity contribution in [1.82, 2.24) is 9.62 Å². The zero-order chi connectivity index (χ0) is 36.6. The zero-order valence-electron chi connectivity index (χ0n) is 31.2. The molecule has 1 saturated carbocycles. The Morgan fingerprint density at radius 1 is 1.04 bits per heavy atom. The number of methoxy groups -OCH3 is 1. The van der Waals surface area contributed by atoms with Gasteiger partial charge in [0.1, 0.15) is 5.75 Å². The van der Waals surface area contributed by atoms with Crippen molar-refractivity contribution in [3.63, 3.8) is 0 Å². The summed E-state index contributed by atoms with van der Waals surface area (Å²) in [6.07, 6.45) is 7.38. The lowest BCUT2D eigenvalue weighted by atomic mass is 9.64. The van der Waals surface area contributed by atoms with E-state index in [-0.39, 0.29) is 29.6 Å². The van der Waals surface area contributed by atoms with E-state index in [0.29, 0.717) is 43.8 Å². The molecule has 3 heterocycles. The van der Waals surface area contributed by atoms with E-state index in [9.17, 15) is 13.2 Å². The molecule has 286 valence electrons. The molecule has 2 bridgehead atoms. The van der Waals surface area contributed by atoms with E-state index >= 15 is 0 Å². The second-order valence-electron chi connectivity index (χ2n) is 16.2. The maximum Gasteiger partial charge on any atom is 0.264 e. The third-order valence-electron chi connectivity index (χ3n) is 13.0. The third-order valence-corrected chi connectivity index (χ3v) is 15.2. The van der Waals surface area contributed by atoms with Crippen LogP contribution in [-0.2, 0) is 36.1 Å².